The fourth-order valence-electron chi connectivity index (χ4n) is 8.66. The molecule has 3 heterocycles. The standard InChI is InChI=1S/C40H52ClF2N5O5/c1-5-52-39(51)28-12-14-30(15-13-28)53-40(46-17-8-9-18-46,47-23-26(2)48(19-16-42)27(3)24-47)37(49)21-29-20-33(41)35(22-34(29)43)44-38(50)32-25-45(4)36-11-7-6-10-31(32)36/h6-7,10-11,20,22,25-28,30H,5,8-9,12-19,21,23-24H2,1-4H3,(H,44,50)/t26-,27+,28?,30?,40?. The summed E-state index contributed by atoms with van der Waals surface area (Å²) in [4.78, 5) is 47.3. The van der Waals surface area contributed by atoms with Crippen molar-refractivity contribution in [1.82, 2.24) is 19.3 Å². The Balaban J connectivity index is 1.29. The van der Waals surface area contributed by atoms with Gasteiger partial charge in [0.05, 0.1) is 34.9 Å². The minimum atomic E-state index is -1.51. The lowest BCUT2D eigenvalue weighted by molar-refractivity contribution is -0.266. The van der Waals surface area contributed by atoms with Crippen LogP contribution in [0.1, 0.15) is 75.2 Å². The van der Waals surface area contributed by atoms with Crippen LogP contribution in [0.15, 0.2) is 42.6 Å². The maximum atomic E-state index is 16.1. The van der Waals surface area contributed by atoms with E-state index in [1.54, 1.807) is 13.1 Å². The second kappa shape index (κ2) is 16.9. The number of fused-ring (bicyclic) bond motifs is 1. The van der Waals surface area contributed by atoms with Gasteiger partial charge in [-0.25, -0.2) is 8.78 Å². The quantitative estimate of drug-likeness (QED) is 0.196. The summed E-state index contributed by atoms with van der Waals surface area (Å²) in [6.07, 6.45) is 5.18. The fraction of sp³-hybridized carbons (Fsp3) is 0.575. The summed E-state index contributed by atoms with van der Waals surface area (Å²) in [5.74, 6) is -3.34. The minimum absolute atomic E-state index is 0.0664. The number of hydrogen-bond acceptors (Lipinski definition) is 8. The maximum Gasteiger partial charge on any atom is 0.308 e. The van der Waals surface area contributed by atoms with Crippen molar-refractivity contribution >= 4 is 45.9 Å². The number of aryl methyl sites for hydroxylation is 1. The van der Waals surface area contributed by atoms with Gasteiger partial charge >= 0.3 is 5.97 Å². The molecule has 13 heteroatoms. The van der Waals surface area contributed by atoms with E-state index in [9.17, 15) is 14.0 Å². The molecule has 10 nitrogen and oxygen atoms in total. The highest BCUT2D eigenvalue weighted by atomic mass is 35.5. The van der Waals surface area contributed by atoms with Crippen molar-refractivity contribution < 1.29 is 32.6 Å². The van der Waals surface area contributed by atoms with E-state index in [-0.39, 0.29) is 58.6 Å². The first kappa shape index (κ1) is 39.3. The molecule has 1 aliphatic carbocycles. The third kappa shape index (κ3) is 8.17. The molecule has 2 aliphatic heterocycles. The van der Waals surface area contributed by atoms with Crippen LogP contribution in [0.25, 0.3) is 10.9 Å². The Morgan fingerprint density at radius 1 is 1.00 bits per heavy atom. The molecule has 288 valence electrons. The van der Waals surface area contributed by atoms with Gasteiger partial charge in [-0.2, -0.15) is 0 Å². The number of esters is 1. The van der Waals surface area contributed by atoms with Crippen molar-refractivity contribution in [1.29, 1.82) is 0 Å². The van der Waals surface area contributed by atoms with Crippen LogP contribution in [0.2, 0.25) is 5.02 Å². The van der Waals surface area contributed by atoms with E-state index < -0.39 is 24.2 Å². The van der Waals surface area contributed by atoms with Gasteiger partial charge in [-0.05, 0) is 83.1 Å². The minimum Gasteiger partial charge on any atom is -0.466 e. The molecule has 1 saturated carbocycles. The number of benzene rings is 2. The Hall–Kier alpha value is -3.42. The average molecular weight is 756 g/mol. The predicted molar refractivity (Wildman–Crippen MR) is 201 cm³/mol. The second-order valence-corrected chi connectivity index (χ2v) is 15.2. The Kier molecular flexibility index (Phi) is 12.6. The smallest absolute Gasteiger partial charge is 0.308 e. The molecule has 53 heavy (non-hydrogen) atoms. The van der Waals surface area contributed by atoms with Gasteiger partial charge in [0.15, 0.2) is 5.78 Å². The molecule has 0 bridgehead atoms. The van der Waals surface area contributed by atoms with Gasteiger partial charge < -0.3 is 19.4 Å². The van der Waals surface area contributed by atoms with Gasteiger partial charge in [0, 0.05) is 75.4 Å². The number of alkyl halides is 1. The summed E-state index contributed by atoms with van der Waals surface area (Å²) < 4.78 is 43.9. The van der Waals surface area contributed by atoms with Crippen molar-refractivity contribution in [3.05, 3.63) is 64.6 Å². The van der Waals surface area contributed by atoms with Crippen molar-refractivity contribution in [3.63, 3.8) is 0 Å². The lowest BCUT2D eigenvalue weighted by atomic mass is 9.87. The molecule has 1 unspecified atom stereocenters. The molecule has 1 amide bonds. The van der Waals surface area contributed by atoms with E-state index in [2.05, 4.69) is 20.0 Å². The zero-order valence-electron chi connectivity index (χ0n) is 31.2. The number of nitrogens with one attached hydrogen (secondary N) is 1. The monoisotopic (exact) mass is 755 g/mol. The molecule has 6 rings (SSSR count). The number of piperazine rings is 1. The van der Waals surface area contributed by atoms with Crippen LogP contribution >= 0.6 is 11.6 Å². The van der Waals surface area contributed by atoms with Crippen molar-refractivity contribution in [2.24, 2.45) is 13.0 Å². The number of nitrogens with zero attached hydrogens (tertiary/aromatic N) is 4. The first-order valence-electron chi connectivity index (χ1n) is 19.0. The highest BCUT2D eigenvalue weighted by molar-refractivity contribution is 6.34. The van der Waals surface area contributed by atoms with Crippen molar-refractivity contribution in [3.8, 4) is 0 Å². The van der Waals surface area contributed by atoms with Crippen LogP contribution in [0.3, 0.4) is 0 Å². The predicted octanol–water partition coefficient (Wildman–Crippen LogP) is 6.59. The number of para-hydroxylation sites is 1. The molecule has 3 atom stereocenters. The number of aromatic nitrogens is 1. The number of hydrogen-bond donors (Lipinski definition) is 1. The molecule has 3 fully saturated rings. The molecule has 1 aromatic heterocycles. The van der Waals surface area contributed by atoms with E-state index in [4.69, 9.17) is 21.1 Å². The normalized spacial score (nSPS) is 24.3. The number of ether oxygens (including phenoxy) is 2. The van der Waals surface area contributed by atoms with Crippen LogP contribution in [0.5, 0.6) is 0 Å². The number of amides is 1. The first-order chi connectivity index (χ1) is 25.5. The van der Waals surface area contributed by atoms with E-state index >= 15 is 9.18 Å². The Bertz CT molecular complexity index is 1780. The molecular weight excluding hydrogens is 704 g/mol. The van der Waals surface area contributed by atoms with Gasteiger partial charge in [0.1, 0.15) is 12.5 Å². The number of rotatable bonds is 13. The maximum absolute atomic E-state index is 16.1. The lowest BCUT2D eigenvalue weighted by Gasteiger charge is -2.55. The SMILES string of the molecule is CCOC(=O)C1CCC(OC(C(=O)Cc2cc(Cl)c(NC(=O)c3cn(C)c4ccccc34)cc2F)(N2CCCC2)N2C[C@@H](C)N(CCF)[C@@H](C)C2)CC1. The Morgan fingerprint density at radius 3 is 2.34 bits per heavy atom. The van der Waals surface area contributed by atoms with E-state index in [1.165, 1.54) is 12.1 Å². The summed E-state index contributed by atoms with van der Waals surface area (Å²) in [7, 11) is 1.85. The lowest BCUT2D eigenvalue weighted by Crippen LogP contribution is -2.73. The number of likely N-dealkylation sites (tertiary alicyclic amines) is 1. The summed E-state index contributed by atoms with van der Waals surface area (Å²) in [5.41, 5.74) is 1.51. The molecule has 2 saturated heterocycles. The highest BCUT2D eigenvalue weighted by Crippen LogP contribution is 2.38. The van der Waals surface area contributed by atoms with Crippen molar-refractivity contribution in [2.75, 3.05) is 51.3 Å². The zero-order valence-corrected chi connectivity index (χ0v) is 32.0. The van der Waals surface area contributed by atoms with Crippen LogP contribution < -0.4 is 5.32 Å². The largest absolute Gasteiger partial charge is 0.466 e. The number of carbonyl (C=O) groups is 3. The number of ketones is 1. The Morgan fingerprint density at radius 2 is 1.68 bits per heavy atom. The second-order valence-electron chi connectivity index (χ2n) is 14.8. The molecule has 0 spiro atoms. The van der Waals surface area contributed by atoms with Crippen LogP contribution in [0, 0.1) is 11.7 Å². The third-order valence-electron chi connectivity index (χ3n) is 11.3. The van der Waals surface area contributed by atoms with E-state index in [1.807, 2.05) is 49.7 Å². The van der Waals surface area contributed by atoms with Gasteiger partial charge in [-0.15, -0.1) is 0 Å². The van der Waals surface area contributed by atoms with Gasteiger partial charge in [0.2, 0.25) is 5.85 Å². The van der Waals surface area contributed by atoms with Gasteiger partial charge in [-0.1, -0.05) is 29.8 Å². The van der Waals surface area contributed by atoms with Crippen LogP contribution in [-0.2, 0) is 32.5 Å². The summed E-state index contributed by atoms with van der Waals surface area (Å²) in [6.45, 7) is 8.17. The molecule has 1 N–H and O–H groups in total. The molecular formula is C40H52ClF2N5O5. The average Bonchev–Trinajstić information content (AvgIpc) is 3.80. The number of Topliss-reactive ketones (excluding diaryl/α,β-unsaturated/α-hetero) is 1. The fourth-order valence-corrected chi connectivity index (χ4v) is 8.89. The summed E-state index contributed by atoms with van der Waals surface area (Å²) in [6, 6.07) is 9.96. The topological polar surface area (TPSA) is 96.3 Å². The zero-order chi connectivity index (χ0) is 37.9. The summed E-state index contributed by atoms with van der Waals surface area (Å²) in [5, 5.41) is 3.63. The third-order valence-corrected chi connectivity index (χ3v) is 11.6. The molecule has 0 radical (unpaired) electrons. The van der Waals surface area contributed by atoms with Gasteiger partial charge in [-0.3, -0.25) is 29.1 Å². The Labute approximate surface area is 315 Å². The number of halogens is 3. The molecule has 3 aromatic rings. The summed E-state index contributed by atoms with van der Waals surface area (Å²) >= 11 is 6.71. The van der Waals surface area contributed by atoms with Crippen molar-refractivity contribution in [2.45, 2.75) is 89.8 Å². The van der Waals surface area contributed by atoms with E-state index in [0.29, 0.717) is 70.6 Å². The molecule has 3 aliphatic rings. The highest BCUT2D eigenvalue weighted by Gasteiger charge is 2.54. The van der Waals surface area contributed by atoms with Gasteiger partial charge in [0.25, 0.3) is 5.91 Å². The number of anilines is 1. The van der Waals surface area contributed by atoms with Crippen LogP contribution in [-0.4, -0.2) is 107 Å². The van der Waals surface area contributed by atoms with E-state index in [0.717, 1.165) is 23.7 Å². The number of carbonyl (C=O) groups excluding carboxylic acids is 3. The molecule has 2 aromatic carbocycles. The van der Waals surface area contributed by atoms with Crippen LogP contribution in [0.4, 0.5) is 14.5 Å². The first-order valence-corrected chi connectivity index (χ1v) is 19.4.